The van der Waals surface area contributed by atoms with E-state index in [1.54, 1.807) is 23.8 Å². The van der Waals surface area contributed by atoms with Crippen LogP contribution in [0.1, 0.15) is 67.6 Å². The fraction of sp³-hybridized carbons (Fsp3) is 0.400. The van der Waals surface area contributed by atoms with Crippen LogP contribution in [0.5, 0.6) is 0 Å². The molecule has 0 aliphatic carbocycles. The van der Waals surface area contributed by atoms with Gasteiger partial charge in [-0.2, -0.15) is 0 Å². The number of hydrogen-bond acceptors (Lipinski definition) is 5. The largest absolute Gasteiger partial charge is 0.366 e. The Hall–Kier alpha value is -3.54. The number of allylic oxidation sites excluding steroid dienone is 1. The quantitative estimate of drug-likeness (QED) is 0.224. The van der Waals surface area contributed by atoms with E-state index >= 15 is 0 Å². The standard InChI is InChI=1S/C28H30F2N4O2.C2H6/c1-3-4-5-6-20-16-33(11-9-19(20)2)17-21-10-12-34(18-22-7-8-23(29)13-25(22)30)27-15-31-26(14-24(21)27)28(35)32-36;1-2/h3,7-8,13-15,21,36H,1,6,9-12,16-18H2,2H3,(H,32,35);1-2H3. The summed E-state index contributed by atoms with van der Waals surface area (Å²) in [5.74, 6) is 4.31. The van der Waals surface area contributed by atoms with Crippen molar-refractivity contribution in [1.82, 2.24) is 15.4 Å². The minimum absolute atomic E-state index is 0.117. The molecule has 8 heteroatoms. The third-order valence-electron chi connectivity index (χ3n) is 6.96. The summed E-state index contributed by atoms with van der Waals surface area (Å²) in [6.07, 6.45) is 5.70. The molecule has 202 valence electrons. The van der Waals surface area contributed by atoms with Crippen molar-refractivity contribution in [1.29, 1.82) is 0 Å². The lowest BCUT2D eigenvalue weighted by atomic mass is 9.88. The van der Waals surface area contributed by atoms with E-state index in [1.807, 2.05) is 18.7 Å². The SMILES string of the molecule is C=CC#CCC1=C(C)CCN(CC2CCN(Cc3ccc(F)cc3F)c3cnc(C(=O)NO)cc32)C1.CC. The molecular weight excluding hydrogens is 486 g/mol. The maximum atomic E-state index is 14.4. The highest BCUT2D eigenvalue weighted by Crippen LogP contribution is 2.37. The van der Waals surface area contributed by atoms with Crippen LogP contribution in [-0.4, -0.2) is 47.2 Å². The van der Waals surface area contributed by atoms with E-state index in [2.05, 4.69) is 35.2 Å². The Bertz CT molecular complexity index is 1250. The van der Waals surface area contributed by atoms with Crippen LogP contribution in [0.3, 0.4) is 0 Å². The molecule has 3 heterocycles. The molecule has 1 aromatic heterocycles. The van der Waals surface area contributed by atoms with E-state index in [0.29, 0.717) is 12.1 Å². The normalized spacial score (nSPS) is 17.0. The monoisotopic (exact) mass is 522 g/mol. The molecule has 4 rings (SSSR count). The number of amides is 1. The van der Waals surface area contributed by atoms with Crippen molar-refractivity contribution in [2.75, 3.05) is 31.1 Å². The van der Waals surface area contributed by atoms with Gasteiger partial charge in [-0.25, -0.2) is 19.2 Å². The van der Waals surface area contributed by atoms with E-state index in [4.69, 9.17) is 5.21 Å². The van der Waals surface area contributed by atoms with Gasteiger partial charge in [-0.1, -0.05) is 43.9 Å². The number of hydrogen-bond donors (Lipinski definition) is 2. The molecule has 1 unspecified atom stereocenters. The van der Waals surface area contributed by atoms with E-state index in [9.17, 15) is 13.6 Å². The Labute approximate surface area is 224 Å². The fourth-order valence-corrected chi connectivity index (χ4v) is 4.92. The molecule has 0 fully saturated rings. The predicted octanol–water partition coefficient (Wildman–Crippen LogP) is 5.60. The molecule has 1 amide bonds. The van der Waals surface area contributed by atoms with Gasteiger partial charge < -0.3 is 4.90 Å². The number of benzene rings is 1. The Kier molecular flexibility index (Phi) is 10.6. The zero-order valence-corrected chi connectivity index (χ0v) is 22.4. The molecule has 0 saturated heterocycles. The van der Waals surface area contributed by atoms with Gasteiger partial charge in [0.2, 0.25) is 0 Å². The minimum atomic E-state index is -0.683. The summed E-state index contributed by atoms with van der Waals surface area (Å²) in [5.41, 5.74) is 6.60. The van der Waals surface area contributed by atoms with Crippen molar-refractivity contribution in [2.45, 2.75) is 52.5 Å². The van der Waals surface area contributed by atoms with Crippen LogP contribution in [0.25, 0.3) is 0 Å². The zero-order chi connectivity index (χ0) is 27.7. The topological polar surface area (TPSA) is 68.7 Å². The van der Waals surface area contributed by atoms with Crippen LogP contribution in [0, 0.1) is 23.5 Å². The number of halogens is 2. The molecule has 2 N–H and O–H groups in total. The second-order valence-electron chi connectivity index (χ2n) is 9.28. The maximum absolute atomic E-state index is 14.4. The van der Waals surface area contributed by atoms with Crippen molar-refractivity contribution in [2.24, 2.45) is 0 Å². The van der Waals surface area contributed by atoms with Gasteiger partial charge in [0.25, 0.3) is 5.91 Å². The molecule has 1 atom stereocenters. The van der Waals surface area contributed by atoms with Gasteiger partial charge in [0.1, 0.15) is 17.3 Å². The Morgan fingerprint density at radius 1 is 1.29 bits per heavy atom. The highest BCUT2D eigenvalue weighted by atomic mass is 19.1. The fourth-order valence-electron chi connectivity index (χ4n) is 4.92. The van der Waals surface area contributed by atoms with Crippen LogP contribution >= 0.6 is 0 Å². The lowest BCUT2D eigenvalue weighted by Gasteiger charge is -2.39. The first-order valence-corrected chi connectivity index (χ1v) is 13.0. The van der Waals surface area contributed by atoms with Gasteiger partial charge in [0.15, 0.2) is 0 Å². The summed E-state index contributed by atoms with van der Waals surface area (Å²) in [5, 5.41) is 9.11. The van der Waals surface area contributed by atoms with Crippen molar-refractivity contribution < 1.29 is 18.8 Å². The van der Waals surface area contributed by atoms with Gasteiger partial charge >= 0.3 is 0 Å². The lowest BCUT2D eigenvalue weighted by molar-refractivity contribution is 0.0700. The van der Waals surface area contributed by atoms with E-state index in [1.165, 1.54) is 23.3 Å². The number of rotatable bonds is 6. The molecule has 6 nitrogen and oxygen atoms in total. The minimum Gasteiger partial charge on any atom is -0.366 e. The van der Waals surface area contributed by atoms with Crippen molar-refractivity contribution in [3.8, 4) is 11.8 Å². The first kappa shape index (κ1) is 29.0. The molecule has 2 aliphatic heterocycles. The number of fused-ring (bicyclic) bond motifs is 1. The second-order valence-corrected chi connectivity index (χ2v) is 9.28. The average Bonchev–Trinajstić information content (AvgIpc) is 2.93. The predicted molar refractivity (Wildman–Crippen MR) is 146 cm³/mol. The van der Waals surface area contributed by atoms with Gasteiger partial charge in [0, 0.05) is 56.7 Å². The van der Waals surface area contributed by atoms with Crippen LogP contribution in [0.15, 0.2) is 54.3 Å². The van der Waals surface area contributed by atoms with Gasteiger partial charge in [-0.05, 0) is 49.1 Å². The first-order chi connectivity index (χ1) is 18.4. The smallest absolute Gasteiger partial charge is 0.293 e. The molecule has 2 aromatic rings. The highest BCUT2D eigenvalue weighted by molar-refractivity contribution is 5.92. The lowest BCUT2D eigenvalue weighted by Crippen LogP contribution is -2.39. The van der Waals surface area contributed by atoms with Gasteiger partial charge in [0.05, 0.1) is 11.9 Å². The van der Waals surface area contributed by atoms with E-state index in [-0.39, 0.29) is 18.2 Å². The molecule has 0 saturated carbocycles. The third-order valence-corrected chi connectivity index (χ3v) is 6.96. The highest BCUT2D eigenvalue weighted by Gasteiger charge is 2.30. The molecule has 0 bridgehead atoms. The van der Waals surface area contributed by atoms with Gasteiger partial charge in [-0.3, -0.25) is 14.9 Å². The zero-order valence-electron chi connectivity index (χ0n) is 22.4. The molecule has 0 spiro atoms. The van der Waals surface area contributed by atoms with E-state index in [0.717, 1.165) is 56.2 Å². The third kappa shape index (κ3) is 7.06. The summed E-state index contributed by atoms with van der Waals surface area (Å²) in [4.78, 5) is 20.7. The van der Waals surface area contributed by atoms with Crippen LogP contribution in [0.2, 0.25) is 0 Å². The number of hydroxylamine groups is 1. The number of carbonyl (C=O) groups is 1. The number of carbonyl (C=O) groups excluding carboxylic acids is 1. The number of pyridine rings is 1. The van der Waals surface area contributed by atoms with Crippen LogP contribution in [0.4, 0.5) is 14.5 Å². The number of nitrogens with one attached hydrogen (secondary N) is 1. The van der Waals surface area contributed by atoms with Crippen molar-refractivity contribution in [3.05, 3.63) is 82.7 Å². The molecular formula is C30H36F2N4O2. The number of nitrogens with zero attached hydrogens (tertiary/aromatic N) is 3. The van der Waals surface area contributed by atoms with Crippen molar-refractivity contribution >= 4 is 11.6 Å². The maximum Gasteiger partial charge on any atom is 0.293 e. The van der Waals surface area contributed by atoms with Gasteiger partial charge in [-0.15, -0.1) is 0 Å². The summed E-state index contributed by atoms with van der Waals surface area (Å²) >= 11 is 0. The number of aromatic nitrogens is 1. The average molecular weight is 523 g/mol. The Morgan fingerprint density at radius 2 is 2.08 bits per heavy atom. The summed E-state index contributed by atoms with van der Waals surface area (Å²) in [7, 11) is 0. The second kappa shape index (κ2) is 13.8. The summed E-state index contributed by atoms with van der Waals surface area (Å²) in [6.45, 7) is 13.3. The van der Waals surface area contributed by atoms with Crippen LogP contribution in [-0.2, 0) is 6.54 Å². The van der Waals surface area contributed by atoms with Crippen LogP contribution < -0.4 is 10.4 Å². The Morgan fingerprint density at radius 3 is 2.79 bits per heavy atom. The molecule has 2 aliphatic rings. The van der Waals surface area contributed by atoms with Crippen molar-refractivity contribution in [3.63, 3.8) is 0 Å². The Balaban J connectivity index is 0.00000195. The van der Waals surface area contributed by atoms with E-state index < -0.39 is 17.5 Å². The number of anilines is 1. The molecule has 0 radical (unpaired) electrons. The summed E-state index contributed by atoms with van der Waals surface area (Å²) in [6, 6.07) is 5.30. The molecule has 38 heavy (non-hydrogen) atoms. The first-order valence-electron chi connectivity index (χ1n) is 13.0. The molecule has 1 aromatic carbocycles. The summed E-state index contributed by atoms with van der Waals surface area (Å²) < 4.78 is 27.8.